The molecule has 0 N–H and O–H groups in total. The van der Waals surface area contributed by atoms with E-state index in [1.807, 2.05) is 25.1 Å². The third-order valence-electron chi connectivity index (χ3n) is 3.14. The first kappa shape index (κ1) is 20.2. The number of aromatic nitrogens is 1. The molecule has 0 aliphatic heterocycles. The first-order chi connectivity index (χ1) is 12.0. The summed E-state index contributed by atoms with van der Waals surface area (Å²) in [6, 6.07) is 10.2. The molecule has 1 heterocycles. The summed E-state index contributed by atoms with van der Waals surface area (Å²) in [4.78, 5) is 21.0. The maximum atomic E-state index is 10.5. The highest BCUT2D eigenvalue weighted by molar-refractivity contribution is 5.81. The van der Waals surface area contributed by atoms with Gasteiger partial charge in [0.05, 0.1) is 13.7 Å². The lowest BCUT2D eigenvalue weighted by molar-refractivity contribution is -0.143. The van der Waals surface area contributed by atoms with Crippen LogP contribution in [0.3, 0.4) is 0 Å². The first-order valence-corrected chi connectivity index (χ1v) is 7.82. The molecule has 0 aliphatic carbocycles. The molecule has 0 amide bonds. The van der Waals surface area contributed by atoms with E-state index in [1.165, 1.54) is 12.7 Å². The number of hydrogen-bond donors (Lipinski definition) is 0. The molecular weight excluding hydrogens is 322 g/mol. The normalized spacial score (nSPS) is 9.56. The zero-order chi connectivity index (χ0) is 18.7. The smallest absolute Gasteiger partial charge is 0.330 e. The van der Waals surface area contributed by atoms with E-state index >= 15 is 0 Å². The van der Waals surface area contributed by atoms with Crippen LogP contribution in [-0.2, 0) is 19.1 Å². The Hall–Kier alpha value is -2.89. The minimum absolute atomic E-state index is 0.222. The number of esters is 2. The second kappa shape index (κ2) is 10.8. The van der Waals surface area contributed by atoms with Gasteiger partial charge in [0, 0.05) is 24.1 Å². The second-order valence-electron chi connectivity index (χ2n) is 5.24. The van der Waals surface area contributed by atoms with Crippen LogP contribution in [0.2, 0.25) is 0 Å². The Morgan fingerprint density at radius 1 is 1.24 bits per heavy atom. The van der Waals surface area contributed by atoms with Crippen molar-refractivity contribution >= 4 is 11.9 Å². The summed E-state index contributed by atoms with van der Waals surface area (Å²) in [7, 11) is 1.32. The van der Waals surface area contributed by atoms with E-state index in [9.17, 15) is 9.59 Å². The largest absolute Gasteiger partial charge is 0.469 e. The van der Waals surface area contributed by atoms with Gasteiger partial charge in [-0.2, -0.15) is 0 Å². The lowest BCUT2D eigenvalue weighted by Crippen LogP contribution is -2.05. The molecule has 2 aromatic rings. The lowest BCUT2D eigenvalue weighted by Gasteiger charge is -2.00. The third-order valence-corrected chi connectivity index (χ3v) is 3.14. The SMILES string of the molecule is C=CC(=O)OCCCC(=O)OC.Cc1ccc(-c2cc(C)on2)cc1. The van der Waals surface area contributed by atoms with Gasteiger partial charge < -0.3 is 14.0 Å². The van der Waals surface area contributed by atoms with E-state index in [0.29, 0.717) is 6.42 Å². The highest BCUT2D eigenvalue weighted by Gasteiger charge is 2.02. The molecule has 1 aromatic heterocycles. The van der Waals surface area contributed by atoms with Crippen LogP contribution < -0.4 is 0 Å². The van der Waals surface area contributed by atoms with E-state index in [4.69, 9.17) is 4.52 Å². The molecule has 0 unspecified atom stereocenters. The number of ether oxygens (including phenoxy) is 2. The van der Waals surface area contributed by atoms with Crippen LogP contribution in [0.15, 0.2) is 47.5 Å². The fraction of sp³-hybridized carbons (Fsp3) is 0.316. The Morgan fingerprint density at radius 3 is 2.44 bits per heavy atom. The molecule has 0 fully saturated rings. The minimum atomic E-state index is -0.472. The number of hydrogen-bond acceptors (Lipinski definition) is 6. The zero-order valence-electron chi connectivity index (χ0n) is 14.8. The topological polar surface area (TPSA) is 78.6 Å². The van der Waals surface area contributed by atoms with Crippen molar-refractivity contribution in [2.75, 3.05) is 13.7 Å². The van der Waals surface area contributed by atoms with Crippen LogP contribution >= 0.6 is 0 Å². The summed E-state index contributed by atoms with van der Waals surface area (Å²) >= 11 is 0. The molecule has 0 bridgehead atoms. The zero-order valence-corrected chi connectivity index (χ0v) is 14.8. The Labute approximate surface area is 147 Å². The summed E-state index contributed by atoms with van der Waals surface area (Å²) in [6.45, 7) is 7.41. The predicted molar refractivity (Wildman–Crippen MR) is 93.8 cm³/mol. The molecule has 6 heteroatoms. The van der Waals surface area contributed by atoms with Crippen LogP contribution in [0.25, 0.3) is 11.3 Å². The van der Waals surface area contributed by atoms with Gasteiger partial charge >= 0.3 is 11.9 Å². The van der Waals surface area contributed by atoms with Gasteiger partial charge in [-0.05, 0) is 20.3 Å². The molecule has 0 radical (unpaired) electrons. The van der Waals surface area contributed by atoms with Crippen molar-refractivity contribution in [3.8, 4) is 11.3 Å². The molecule has 134 valence electrons. The Bertz CT molecular complexity index is 688. The van der Waals surface area contributed by atoms with Crippen molar-refractivity contribution in [1.29, 1.82) is 0 Å². The van der Waals surface area contributed by atoms with Crippen molar-refractivity contribution in [1.82, 2.24) is 5.16 Å². The predicted octanol–water partition coefficient (Wildman–Crippen LogP) is 3.63. The second-order valence-corrected chi connectivity index (χ2v) is 5.24. The molecule has 0 atom stereocenters. The van der Waals surface area contributed by atoms with Gasteiger partial charge in [-0.1, -0.05) is 41.6 Å². The summed E-state index contributed by atoms with van der Waals surface area (Å²) < 4.78 is 14.0. The van der Waals surface area contributed by atoms with Crippen molar-refractivity contribution < 1.29 is 23.6 Å². The van der Waals surface area contributed by atoms with Crippen LogP contribution in [0.5, 0.6) is 0 Å². The van der Waals surface area contributed by atoms with Crippen LogP contribution in [0.4, 0.5) is 0 Å². The molecular formula is C19H23NO5. The summed E-state index contributed by atoms with van der Waals surface area (Å²) in [5, 5.41) is 3.94. The van der Waals surface area contributed by atoms with Crippen LogP contribution in [0, 0.1) is 13.8 Å². The van der Waals surface area contributed by atoms with Gasteiger partial charge in [0.2, 0.25) is 0 Å². The number of aryl methyl sites for hydroxylation is 2. The molecule has 1 aromatic carbocycles. The van der Waals surface area contributed by atoms with E-state index in [0.717, 1.165) is 23.1 Å². The van der Waals surface area contributed by atoms with Gasteiger partial charge in [0.1, 0.15) is 11.5 Å². The number of rotatable bonds is 6. The fourth-order valence-electron chi connectivity index (χ4n) is 1.78. The third kappa shape index (κ3) is 7.97. The summed E-state index contributed by atoms with van der Waals surface area (Å²) in [6.07, 6.45) is 1.82. The van der Waals surface area contributed by atoms with Gasteiger partial charge in [0.25, 0.3) is 0 Å². The Morgan fingerprint density at radius 2 is 1.92 bits per heavy atom. The highest BCUT2D eigenvalue weighted by Crippen LogP contribution is 2.18. The number of methoxy groups -OCH3 is 1. The number of nitrogens with zero attached hydrogens (tertiary/aromatic N) is 1. The molecule has 0 spiro atoms. The van der Waals surface area contributed by atoms with Crippen molar-refractivity contribution in [3.05, 3.63) is 54.3 Å². The van der Waals surface area contributed by atoms with E-state index in [1.54, 1.807) is 0 Å². The van der Waals surface area contributed by atoms with Crippen LogP contribution in [0.1, 0.15) is 24.2 Å². The maximum Gasteiger partial charge on any atom is 0.330 e. The van der Waals surface area contributed by atoms with Crippen LogP contribution in [-0.4, -0.2) is 30.8 Å². The van der Waals surface area contributed by atoms with Gasteiger partial charge in [-0.15, -0.1) is 0 Å². The molecule has 25 heavy (non-hydrogen) atoms. The maximum absolute atomic E-state index is 10.5. The fourth-order valence-corrected chi connectivity index (χ4v) is 1.78. The van der Waals surface area contributed by atoms with E-state index in [2.05, 4.69) is 40.3 Å². The summed E-state index contributed by atoms with van der Waals surface area (Å²) in [5.41, 5.74) is 3.25. The number of carbonyl (C=O) groups is 2. The molecule has 0 saturated carbocycles. The average Bonchev–Trinajstić information content (AvgIpc) is 3.05. The molecule has 0 saturated heterocycles. The molecule has 6 nitrogen and oxygen atoms in total. The summed E-state index contributed by atoms with van der Waals surface area (Å²) in [5.74, 6) is 0.0695. The van der Waals surface area contributed by atoms with Gasteiger partial charge in [-0.3, -0.25) is 4.79 Å². The Balaban J connectivity index is 0.000000252. The standard InChI is InChI=1S/C11H11NO.C8H12O4/c1-8-3-5-10(6-4-8)11-7-9(2)13-12-11;1-3-7(9)12-6-4-5-8(10)11-2/h3-7H,1-2H3;3H,1,4-6H2,2H3. The van der Waals surface area contributed by atoms with E-state index in [-0.39, 0.29) is 19.0 Å². The highest BCUT2D eigenvalue weighted by atomic mass is 16.5. The van der Waals surface area contributed by atoms with E-state index < -0.39 is 5.97 Å². The Kier molecular flexibility index (Phi) is 8.71. The number of carbonyl (C=O) groups excluding carboxylic acids is 2. The van der Waals surface area contributed by atoms with Gasteiger partial charge in [-0.25, -0.2) is 4.79 Å². The van der Waals surface area contributed by atoms with Gasteiger partial charge in [0.15, 0.2) is 0 Å². The quantitative estimate of drug-likeness (QED) is 0.452. The van der Waals surface area contributed by atoms with Crippen molar-refractivity contribution in [2.24, 2.45) is 0 Å². The number of benzene rings is 1. The monoisotopic (exact) mass is 345 g/mol. The van der Waals surface area contributed by atoms with Crippen molar-refractivity contribution in [3.63, 3.8) is 0 Å². The minimum Gasteiger partial charge on any atom is -0.469 e. The lowest BCUT2D eigenvalue weighted by atomic mass is 10.1. The average molecular weight is 345 g/mol. The first-order valence-electron chi connectivity index (χ1n) is 7.82. The molecule has 0 aliphatic rings. The molecule has 2 rings (SSSR count). The van der Waals surface area contributed by atoms with Crippen molar-refractivity contribution in [2.45, 2.75) is 26.7 Å².